The number of nitrogens with one attached hydrogen (secondary N) is 1. The van der Waals surface area contributed by atoms with Crippen LogP contribution in [0.1, 0.15) is 42.0 Å². The summed E-state index contributed by atoms with van der Waals surface area (Å²) in [5.41, 5.74) is 1.54. The minimum atomic E-state index is -0.571. The van der Waals surface area contributed by atoms with Gasteiger partial charge in [-0.3, -0.25) is 19.9 Å². The second-order valence-corrected chi connectivity index (χ2v) is 7.61. The fourth-order valence-corrected chi connectivity index (χ4v) is 3.22. The molecule has 4 aromatic rings. The largest absolute Gasteiger partial charge is 0.339 e. The summed E-state index contributed by atoms with van der Waals surface area (Å²) in [7, 11) is 0. The molecule has 0 saturated carbocycles. The molecule has 0 radical (unpaired) electrons. The van der Waals surface area contributed by atoms with Gasteiger partial charge in [0.25, 0.3) is 11.6 Å². The Morgan fingerprint density at radius 1 is 1.24 bits per heavy atom. The van der Waals surface area contributed by atoms with E-state index in [0.29, 0.717) is 22.8 Å². The molecule has 0 saturated heterocycles. The van der Waals surface area contributed by atoms with E-state index in [2.05, 4.69) is 30.8 Å². The summed E-state index contributed by atoms with van der Waals surface area (Å²) in [5, 5.41) is 25.9. The van der Waals surface area contributed by atoms with Crippen molar-refractivity contribution in [2.75, 3.05) is 0 Å². The average molecular weight is 448 g/mol. The fourth-order valence-electron chi connectivity index (χ4n) is 3.22. The van der Waals surface area contributed by atoms with Gasteiger partial charge in [-0.1, -0.05) is 30.3 Å². The number of aromatic nitrogens is 6. The van der Waals surface area contributed by atoms with Gasteiger partial charge in [0, 0.05) is 30.1 Å². The van der Waals surface area contributed by atoms with E-state index in [0.717, 1.165) is 0 Å². The second-order valence-electron chi connectivity index (χ2n) is 7.61. The van der Waals surface area contributed by atoms with E-state index in [4.69, 9.17) is 4.52 Å². The van der Waals surface area contributed by atoms with Crippen LogP contribution in [0.25, 0.3) is 17.1 Å². The lowest BCUT2D eigenvalue weighted by Gasteiger charge is -2.18. The third-order valence-electron chi connectivity index (χ3n) is 4.98. The van der Waals surface area contributed by atoms with E-state index in [-0.39, 0.29) is 23.2 Å². The second kappa shape index (κ2) is 8.94. The maximum absolute atomic E-state index is 13.0. The number of pyridine rings is 1. The van der Waals surface area contributed by atoms with Gasteiger partial charge in [-0.2, -0.15) is 4.98 Å². The van der Waals surface area contributed by atoms with Crippen molar-refractivity contribution in [2.24, 2.45) is 5.92 Å². The summed E-state index contributed by atoms with van der Waals surface area (Å²) in [6, 6.07) is 8.92. The summed E-state index contributed by atoms with van der Waals surface area (Å²) in [4.78, 5) is 32.0. The summed E-state index contributed by atoms with van der Waals surface area (Å²) < 4.78 is 6.79. The molecule has 33 heavy (non-hydrogen) atoms. The highest BCUT2D eigenvalue weighted by atomic mass is 16.6. The van der Waals surface area contributed by atoms with Crippen LogP contribution in [0.3, 0.4) is 0 Å². The smallest absolute Gasteiger partial charge is 0.274 e. The number of benzene rings is 1. The molecule has 1 atom stereocenters. The SMILES string of the molecule is Cc1c(C(=O)NC(c2nc(-c3cccnc3)no2)C(C)C)nnn1-c1cccc([N+](=O)[O-])c1. The maximum atomic E-state index is 13.0. The minimum absolute atomic E-state index is 0.0664. The van der Waals surface area contributed by atoms with Crippen molar-refractivity contribution in [1.82, 2.24) is 35.4 Å². The highest BCUT2D eigenvalue weighted by Crippen LogP contribution is 2.24. The number of non-ortho nitro benzene ring substituents is 1. The summed E-state index contributed by atoms with van der Waals surface area (Å²) in [5.74, 6) is 0.0685. The molecule has 0 aliphatic heterocycles. The van der Waals surface area contributed by atoms with Crippen molar-refractivity contribution < 1.29 is 14.2 Å². The number of hydrogen-bond acceptors (Lipinski definition) is 9. The highest BCUT2D eigenvalue weighted by molar-refractivity contribution is 5.93. The van der Waals surface area contributed by atoms with Gasteiger partial charge in [0.15, 0.2) is 5.69 Å². The summed E-state index contributed by atoms with van der Waals surface area (Å²) in [6.07, 6.45) is 3.26. The zero-order chi connectivity index (χ0) is 23.5. The molecule has 1 unspecified atom stereocenters. The number of hydrogen-bond donors (Lipinski definition) is 1. The zero-order valence-corrected chi connectivity index (χ0v) is 18.0. The van der Waals surface area contributed by atoms with Gasteiger partial charge in [0.2, 0.25) is 11.7 Å². The number of amides is 1. The molecule has 12 nitrogen and oxygen atoms in total. The number of carbonyl (C=O) groups excluding carboxylic acids is 1. The topological polar surface area (TPSA) is 155 Å². The lowest BCUT2D eigenvalue weighted by atomic mass is 10.0. The van der Waals surface area contributed by atoms with Gasteiger partial charge >= 0.3 is 0 Å². The Balaban J connectivity index is 1.58. The zero-order valence-electron chi connectivity index (χ0n) is 18.0. The van der Waals surface area contributed by atoms with Crippen LogP contribution in [0.5, 0.6) is 0 Å². The van der Waals surface area contributed by atoms with Gasteiger partial charge in [0.05, 0.1) is 16.3 Å². The minimum Gasteiger partial charge on any atom is -0.339 e. The van der Waals surface area contributed by atoms with E-state index in [1.54, 1.807) is 43.6 Å². The molecule has 3 heterocycles. The number of carbonyl (C=O) groups is 1. The van der Waals surface area contributed by atoms with Gasteiger partial charge in [-0.25, -0.2) is 4.68 Å². The Morgan fingerprint density at radius 3 is 2.76 bits per heavy atom. The molecular weight excluding hydrogens is 428 g/mol. The molecule has 1 N–H and O–H groups in total. The standard InChI is InChI=1S/C21H20N8O4/c1-12(2)17(21-24-19(26-33-21)14-6-5-9-22-11-14)23-20(30)18-13(3)28(27-25-18)15-7-4-8-16(10-15)29(31)32/h4-12,17H,1-3H3,(H,23,30). The van der Waals surface area contributed by atoms with Crippen LogP contribution in [0.15, 0.2) is 53.3 Å². The molecule has 0 spiro atoms. The first-order valence-electron chi connectivity index (χ1n) is 10.1. The van der Waals surface area contributed by atoms with Crippen molar-refractivity contribution in [3.8, 4) is 17.1 Å². The highest BCUT2D eigenvalue weighted by Gasteiger charge is 2.28. The fraction of sp³-hybridized carbons (Fsp3) is 0.238. The summed E-state index contributed by atoms with van der Waals surface area (Å²) >= 11 is 0. The van der Waals surface area contributed by atoms with Crippen molar-refractivity contribution in [3.63, 3.8) is 0 Å². The normalized spacial score (nSPS) is 12.0. The number of nitro benzene ring substituents is 1. The van der Waals surface area contributed by atoms with Crippen LogP contribution in [0, 0.1) is 23.0 Å². The van der Waals surface area contributed by atoms with E-state index in [1.165, 1.54) is 16.8 Å². The van der Waals surface area contributed by atoms with Crippen molar-refractivity contribution >= 4 is 11.6 Å². The number of nitro groups is 1. The third-order valence-corrected chi connectivity index (χ3v) is 4.98. The molecule has 3 aromatic heterocycles. The Hall–Kier alpha value is -4.48. The average Bonchev–Trinajstić information content (AvgIpc) is 3.45. The molecule has 4 rings (SSSR count). The monoisotopic (exact) mass is 448 g/mol. The van der Waals surface area contributed by atoms with Crippen LogP contribution >= 0.6 is 0 Å². The molecule has 1 aromatic carbocycles. The summed E-state index contributed by atoms with van der Waals surface area (Å²) in [6.45, 7) is 5.47. The van der Waals surface area contributed by atoms with Crippen LogP contribution in [0.4, 0.5) is 5.69 Å². The Morgan fingerprint density at radius 2 is 2.06 bits per heavy atom. The Bertz CT molecular complexity index is 1300. The first kappa shape index (κ1) is 21.7. The lowest BCUT2D eigenvalue weighted by Crippen LogP contribution is -2.32. The van der Waals surface area contributed by atoms with Crippen molar-refractivity contribution in [2.45, 2.75) is 26.8 Å². The predicted octanol–water partition coefficient (Wildman–Crippen LogP) is 3.06. The molecule has 12 heteroatoms. The van der Waals surface area contributed by atoms with E-state index < -0.39 is 16.9 Å². The molecule has 0 fully saturated rings. The molecular formula is C21H20N8O4. The molecule has 1 amide bonds. The van der Waals surface area contributed by atoms with E-state index in [1.807, 2.05) is 13.8 Å². The Kier molecular flexibility index (Phi) is 5.89. The first-order chi connectivity index (χ1) is 15.8. The number of rotatable bonds is 7. The van der Waals surface area contributed by atoms with Crippen molar-refractivity contribution in [3.05, 3.63) is 76.2 Å². The van der Waals surface area contributed by atoms with Gasteiger partial charge in [-0.15, -0.1) is 5.10 Å². The van der Waals surface area contributed by atoms with Crippen molar-refractivity contribution in [1.29, 1.82) is 0 Å². The van der Waals surface area contributed by atoms with E-state index in [9.17, 15) is 14.9 Å². The van der Waals surface area contributed by atoms with E-state index >= 15 is 0 Å². The Labute approximate surface area is 187 Å². The lowest BCUT2D eigenvalue weighted by molar-refractivity contribution is -0.384. The molecule has 168 valence electrons. The van der Waals surface area contributed by atoms with Gasteiger partial charge < -0.3 is 9.84 Å². The van der Waals surface area contributed by atoms with Gasteiger partial charge in [-0.05, 0) is 31.0 Å². The quantitative estimate of drug-likeness (QED) is 0.332. The van der Waals surface area contributed by atoms with Crippen LogP contribution in [0.2, 0.25) is 0 Å². The molecule has 0 aliphatic carbocycles. The third kappa shape index (κ3) is 4.44. The predicted molar refractivity (Wildman–Crippen MR) is 115 cm³/mol. The van der Waals surface area contributed by atoms with Gasteiger partial charge in [0.1, 0.15) is 6.04 Å². The maximum Gasteiger partial charge on any atom is 0.274 e. The first-order valence-corrected chi connectivity index (χ1v) is 10.1. The molecule has 0 bridgehead atoms. The number of nitrogens with zero attached hydrogens (tertiary/aromatic N) is 7. The molecule has 0 aliphatic rings. The van der Waals surface area contributed by atoms with Crippen LogP contribution in [-0.2, 0) is 0 Å². The van der Waals surface area contributed by atoms with Crippen LogP contribution < -0.4 is 5.32 Å². The van der Waals surface area contributed by atoms with Crippen LogP contribution in [-0.4, -0.2) is 40.9 Å².